The monoisotopic (exact) mass is 347 g/mol. The molecular weight excluding hydrogens is 333 g/mol. The molecule has 0 amide bonds. The van der Waals surface area contributed by atoms with Crippen molar-refractivity contribution in [3.63, 3.8) is 0 Å². The number of hydrogen-bond acceptors (Lipinski definition) is 2. The highest BCUT2D eigenvalue weighted by atomic mass is 35.5. The van der Waals surface area contributed by atoms with Gasteiger partial charge < -0.3 is 14.8 Å². The van der Waals surface area contributed by atoms with Crippen LogP contribution in [0.15, 0.2) is 24.3 Å². The lowest BCUT2D eigenvalue weighted by Crippen LogP contribution is -2.20. The predicted molar refractivity (Wildman–Crippen MR) is 86.9 cm³/mol. The summed E-state index contributed by atoms with van der Waals surface area (Å²) in [6.07, 6.45) is -2.06. The van der Waals surface area contributed by atoms with Crippen molar-refractivity contribution in [3.05, 3.63) is 51.3 Å². The summed E-state index contributed by atoms with van der Waals surface area (Å²) in [6.45, 7) is 3.75. The molecule has 1 aromatic carbocycles. The zero-order chi connectivity index (χ0) is 15.7. The first-order valence-corrected chi connectivity index (χ1v) is 7.72. The van der Waals surface area contributed by atoms with Crippen LogP contribution in [0, 0.1) is 13.8 Å². The van der Waals surface area contributed by atoms with E-state index in [1.165, 1.54) is 0 Å². The zero-order valence-electron chi connectivity index (χ0n) is 11.6. The molecule has 0 aliphatic carbocycles. The third-order valence-corrected chi connectivity index (χ3v) is 4.61. The molecule has 21 heavy (non-hydrogen) atoms. The molecule has 2 N–H and O–H groups in total. The summed E-state index contributed by atoms with van der Waals surface area (Å²) in [6, 6.07) is 7.19. The molecule has 3 nitrogen and oxygen atoms in total. The Labute approximate surface area is 138 Å². The fourth-order valence-electron chi connectivity index (χ4n) is 2.41. The van der Waals surface area contributed by atoms with Crippen LogP contribution in [-0.4, -0.2) is 26.8 Å². The molecule has 2 unspecified atom stereocenters. The van der Waals surface area contributed by atoms with Crippen LogP contribution in [0.2, 0.25) is 10.0 Å². The van der Waals surface area contributed by atoms with E-state index in [2.05, 4.69) is 0 Å². The summed E-state index contributed by atoms with van der Waals surface area (Å²) in [7, 11) is 0. The van der Waals surface area contributed by atoms with Crippen LogP contribution in [0.4, 0.5) is 0 Å². The Hall–Kier alpha value is -0.710. The van der Waals surface area contributed by atoms with Gasteiger partial charge in [-0.25, -0.2) is 0 Å². The summed E-state index contributed by atoms with van der Waals surface area (Å²) in [5.41, 5.74) is 3.02. The smallest absolute Gasteiger partial charge is 0.108 e. The van der Waals surface area contributed by atoms with E-state index in [9.17, 15) is 10.2 Å². The number of rotatable bonds is 4. The number of nitrogens with zero attached hydrogens (tertiary/aromatic N) is 1. The van der Waals surface area contributed by atoms with Crippen molar-refractivity contribution >= 4 is 34.8 Å². The topological polar surface area (TPSA) is 45.4 Å². The Morgan fingerprint density at radius 2 is 1.86 bits per heavy atom. The summed E-state index contributed by atoms with van der Waals surface area (Å²) < 4.78 is 1.90. The number of alkyl halides is 1. The number of benzene rings is 1. The zero-order valence-corrected chi connectivity index (χ0v) is 13.9. The number of hydrogen-bond donors (Lipinski definition) is 2. The van der Waals surface area contributed by atoms with E-state index in [0.29, 0.717) is 15.6 Å². The third kappa shape index (κ3) is 3.08. The molecule has 6 heteroatoms. The average Bonchev–Trinajstić information content (AvgIpc) is 2.75. The maximum atomic E-state index is 10.2. The van der Waals surface area contributed by atoms with Gasteiger partial charge in [0.1, 0.15) is 6.10 Å². The largest absolute Gasteiger partial charge is 0.389 e. The quantitative estimate of drug-likeness (QED) is 0.819. The number of aryl methyl sites for hydroxylation is 1. The van der Waals surface area contributed by atoms with Gasteiger partial charge in [0.25, 0.3) is 0 Å². The van der Waals surface area contributed by atoms with Crippen molar-refractivity contribution in [1.29, 1.82) is 0 Å². The fraction of sp³-hybridized carbons (Fsp3) is 0.333. The predicted octanol–water partition coefficient (Wildman–Crippen LogP) is 4.03. The minimum atomic E-state index is -1.04. The lowest BCUT2D eigenvalue weighted by Gasteiger charge is -2.17. The summed E-state index contributed by atoms with van der Waals surface area (Å²) in [5, 5.41) is 20.8. The van der Waals surface area contributed by atoms with Crippen LogP contribution in [0.5, 0.6) is 0 Å². The molecule has 2 rings (SSSR count). The van der Waals surface area contributed by atoms with Gasteiger partial charge in [0, 0.05) is 17.0 Å². The highest BCUT2D eigenvalue weighted by Crippen LogP contribution is 2.33. The van der Waals surface area contributed by atoms with Crippen LogP contribution >= 0.6 is 34.8 Å². The van der Waals surface area contributed by atoms with Crippen molar-refractivity contribution in [3.8, 4) is 5.69 Å². The number of halogens is 3. The first-order chi connectivity index (χ1) is 9.88. The van der Waals surface area contributed by atoms with Gasteiger partial charge in [-0.1, -0.05) is 29.3 Å². The van der Waals surface area contributed by atoms with Gasteiger partial charge in [0.05, 0.1) is 27.7 Å². The Balaban J connectivity index is 2.57. The molecule has 0 radical (unpaired) electrons. The van der Waals surface area contributed by atoms with Crippen LogP contribution in [-0.2, 0) is 0 Å². The van der Waals surface area contributed by atoms with E-state index < -0.39 is 12.2 Å². The Bertz CT molecular complexity index is 655. The number of aliphatic hydroxyl groups excluding tert-OH is 2. The lowest BCUT2D eigenvalue weighted by atomic mass is 10.1. The fourth-order valence-corrected chi connectivity index (χ4v) is 2.96. The van der Waals surface area contributed by atoms with Crippen molar-refractivity contribution in [2.24, 2.45) is 0 Å². The summed E-state index contributed by atoms with van der Waals surface area (Å²) in [5.74, 6) is -0.0389. The lowest BCUT2D eigenvalue weighted by molar-refractivity contribution is 0.0323. The molecule has 0 saturated carbocycles. The molecular formula is C15H16Cl3NO2. The second-order valence-corrected chi connectivity index (χ2v) is 6.00. The standard InChI is InChI=1S/C15H16Cl3NO2/c1-8-6-10(15(21)13(20)7-16)9(2)19(8)12-5-3-4-11(17)14(12)18/h3-6,13,15,20-21H,7H2,1-2H3. The Kier molecular flexibility index (Phi) is 5.23. The molecule has 0 aliphatic heterocycles. The van der Waals surface area contributed by atoms with E-state index in [1.54, 1.807) is 6.07 Å². The van der Waals surface area contributed by atoms with Gasteiger partial charge in [-0.15, -0.1) is 11.6 Å². The van der Waals surface area contributed by atoms with Crippen LogP contribution < -0.4 is 0 Å². The first-order valence-electron chi connectivity index (χ1n) is 6.43. The minimum Gasteiger partial charge on any atom is -0.389 e. The van der Waals surface area contributed by atoms with Gasteiger partial charge in [-0.2, -0.15) is 0 Å². The van der Waals surface area contributed by atoms with E-state index in [4.69, 9.17) is 34.8 Å². The van der Waals surface area contributed by atoms with Gasteiger partial charge in [-0.3, -0.25) is 0 Å². The summed E-state index contributed by atoms with van der Waals surface area (Å²) in [4.78, 5) is 0. The molecule has 2 atom stereocenters. The molecule has 1 aromatic heterocycles. The maximum absolute atomic E-state index is 10.2. The van der Waals surface area contributed by atoms with Crippen LogP contribution in [0.3, 0.4) is 0 Å². The van der Waals surface area contributed by atoms with Crippen molar-refractivity contribution in [2.45, 2.75) is 26.1 Å². The maximum Gasteiger partial charge on any atom is 0.108 e. The van der Waals surface area contributed by atoms with Crippen molar-refractivity contribution in [1.82, 2.24) is 4.57 Å². The first kappa shape index (κ1) is 16.7. The minimum absolute atomic E-state index is 0.0389. The Morgan fingerprint density at radius 3 is 2.48 bits per heavy atom. The molecule has 0 fully saturated rings. The molecule has 0 aliphatic rings. The molecule has 114 valence electrons. The normalized spacial score (nSPS) is 14.2. The Morgan fingerprint density at radius 1 is 1.19 bits per heavy atom. The second-order valence-electron chi connectivity index (χ2n) is 4.90. The van der Waals surface area contributed by atoms with Crippen molar-refractivity contribution < 1.29 is 10.2 Å². The van der Waals surface area contributed by atoms with E-state index in [1.807, 2.05) is 36.6 Å². The molecule has 0 saturated heterocycles. The van der Waals surface area contributed by atoms with Gasteiger partial charge in [0.15, 0.2) is 0 Å². The molecule has 2 aromatic rings. The molecule has 0 spiro atoms. The van der Waals surface area contributed by atoms with Gasteiger partial charge in [-0.05, 0) is 32.0 Å². The number of aromatic nitrogens is 1. The van der Waals surface area contributed by atoms with E-state index in [0.717, 1.165) is 17.1 Å². The van der Waals surface area contributed by atoms with Crippen molar-refractivity contribution in [2.75, 3.05) is 5.88 Å². The second kappa shape index (κ2) is 6.59. The molecule has 1 heterocycles. The van der Waals surface area contributed by atoms with Crippen LogP contribution in [0.25, 0.3) is 5.69 Å². The number of aliphatic hydroxyl groups is 2. The van der Waals surface area contributed by atoms with Gasteiger partial charge >= 0.3 is 0 Å². The average molecular weight is 349 g/mol. The van der Waals surface area contributed by atoms with Gasteiger partial charge in [0.2, 0.25) is 0 Å². The molecule has 0 bridgehead atoms. The highest BCUT2D eigenvalue weighted by molar-refractivity contribution is 6.43. The summed E-state index contributed by atoms with van der Waals surface area (Å²) >= 11 is 17.9. The van der Waals surface area contributed by atoms with Crippen LogP contribution in [0.1, 0.15) is 23.1 Å². The SMILES string of the molecule is Cc1cc(C(O)C(O)CCl)c(C)n1-c1cccc(Cl)c1Cl. The third-order valence-electron chi connectivity index (χ3n) is 3.48. The van der Waals surface area contributed by atoms with E-state index >= 15 is 0 Å². The van der Waals surface area contributed by atoms with E-state index in [-0.39, 0.29) is 5.88 Å². The highest BCUT2D eigenvalue weighted by Gasteiger charge is 2.23.